The molecule has 0 atom stereocenters. The van der Waals surface area contributed by atoms with Gasteiger partial charge in [0.15, 0.2) is 0 Å². The lowest BCUT2D eigenvalue weighted by Crippen LogP contribution is -2.03. The highest BCUT2D eigenvalue weighted by Crippen LogP contribution is 2.33. The number of nitrogens with two attached hydrogens (primary N) is 1. The third-order valence-corrected chi connectivity index (χ3v) is 3.15. The Balaban J connectivity index is 2.39. The van der Waals surface area contributed by atoms with Gasteiger partial charge in [-0.25, -0.2) is 4.79 Å². The molecule has 0 fully saturated rings. The van der Waals surface area contributed by atoms with Crippen molar-refractivity contribution in [1.82, 2.24) is 0 Å². The molecular formula is C13H10Cl2N2O2. The largest absolute Gasteiger partial charge is 0.478 e. The summed E-state index contributed by atoms with van der Waals surface area (Å²) in [5.74, 6) is -1.09. The second-order valence-corrected chi connectivity index (χ2v) is 4.64. The number of hydrogen-bond acceptors (Lipinski definition) is 3. The van der Waals surface area contributed by atoms with Crippen molar-refractivity contribution in [2.45, 2.75) is 0 Å². The predicted molar refractivity (Wildman–Crippen MR) is 77.6 cm³/mol. The van der Waals surface area contributed by atoms with E-state index in [4.69, 9.17) is 34.0 Å². The summed E-state index contributed by atoms with van der Waals surface area (Å²) in [6.07, 6.45) is 0. The maximum atomic E-state index is 11.0. The average Bonchev–Trinajstić information content (AvgIpc) is 2.35. The van der Waals surface area contributed by atoms with Gasteiger partial charge in [0.2, 0.25) is 0 Å². The average molecular weight is 297 g/mol. The number of para-hydroxylation sites is 1. The van der Waals surface area contributed by atoms with Crippen molar-refractivity contribution in [2.24, 2.45) is 0 Å². The maximum absolute atomic E-state index is 11.0. The summed E-state index contributed by atoms with van der Waals surface area (Å²) < 4.78 is 0. The maximum Gasteiger partial charge on any atom is 0.337 e. The number of aromatic carboxylic acids is 1. The lowest BCUT2D eigenvalue weighted by Gasteiger charge is -2.11. The van der Waals surface area contributed by atoms with Crippen LogP contribution in [0.15, 0.2) is 36.4 Å². The van der Waals surface area contributed by atoms with Crippen molar-refractivity contribution in [3.05, 3.63) is 52.0 Å². The van der Waals surface area contributed by atoms with E-state index in [1.54, 1.807) is 24.3 Å². The molecule has 0 spiro atoms. The van der Waals surface area contributed by atoms with Crippen molar-refractivity contribution in [1.29, 1.82) is 0 Å². The van der Waals surface area contributed by atoms with Gasteiger partial charge in [0.05, 0.1) is 21.3 Å². The first-order valence-corrected chi connectivity index (χ1v) is 6.08. The van der Waals surface area contributed by atoms with Crippen LogP contribution < -0.4 is 11.1 Å². The molecule has 2 rings (SSSR count). The van der Waals surface area contributed by atoms with Gasteiger partial charge in [-0.1, -0.05) is 29.3 Å². The van der Waals surface area contributed by atoms with E-state index in [1.807, 2.05) is 0 Å². The van der Waals surface area contributed by atoms with E-state index in [0.29, 0.717) is 21.4 Å². The van der Waals surface area contributed by atoms with Crippen LogP contribution in [0, 0.1) is 0 Å². The number of anilines is 3. The molecule has 0 saturated heterocycles. The first kappa shape index (κ1) is 13.5. The third kappa shape index (κ3) is 2.92. The van der Waals surface area contributed by atoms with Gasteiger partial charge in [-0.15, -0.1) is 0 Å². The standard InChI is InChI=1S/C13H10Cl2N2O2/c14-9-2-1-3-10(15)12(9)17-7-4-5-11(16)8(6-7)13(18)19/h1-6,17H,16H2,(H,18,19). The van der Waals surface area contributed by atoms with Gasteiger partial charge < -0.3 is 16.2 Å². The molecule has 19 heavy (non-hydrogen) atoms. The van der Waals surface area contributed by atoms with Crippen LogP contribution in [0.4, 0.5) is 17.1 Å². The smallest absolute Gasteiger partial charge is 0.337 e. The summed E-state index contributed by atoms with van der Waals surface area (Å²) in [7, 11) is 0. The van der Waals surface area contributed by atoms with Crippen LogP contribution in [-0.4, -0.2) is 11.1 Å². The Morgan fingerprint density at radius 3 is 2.37 bits per heavy atom. The topological polar surface area (TPSA) is 75.3 Å². The molecule has 0 aromatic heterocycles. The molecule has 0 amide bonds. The van der Waals surface area contributed by atoms with Crippen LogP contribution in [0.5, 0.6) is 0 Å². The fourth-order valence-corrected chi connectivity index (χ4v) is 2.07. The number of nitrogen functional groups attached to an aromatic ring is 1. The van der Waals surface area contributed by atoms with Crippen molar-refractivity contribution in [3.63, 3.8) is 0 Å². The number of carboxylic acids is 1. The second kappa shape index (κ2) is 5.38. The number of nitrogens with one attached hydrogen (secondary N) is 1. The molecule has 2 aromatic carbocycles. The Morgan fingerprint density at radius 2 is 1.79 bits per heavy atom. The SMILES string of the molecule is Nc1ccc(Nc2c(Cl)cccc2Cl)cc1C(=O)O. The van der Waals surface area contributed by atoms with Gasteiger partial charge in [0.1, 0.15) is 0 Å². The zero-order chi connectivity index (χ0) is 14.0. The predicted octanol–water partition coefficient (Wildman–Crippen LogP) is 4.02. The van der Waals surface area contributed by atoms with Crippen LogP contribution >= 0.6 is 23.2 Å². The van der Waals surface area contributed by atoms with Gasteiger partial charge >= 0.3 is 5.97 Å². The van der Waals surface area contributed by atoms with E-state index in [1.165, 1.54) is 12.1 Å². The molecule has 0 saturated carbocycles. The van der Waals surface area contributed by atoms with Gasteiger partial charge in [0, 0.05) is 11.4 Å². The fraction of sp³-hybridized carbons (Fsp3) is 0. The molecule has 2 aromatic rings. The van der Waals surface area contributed by atoms with Crippen LogP contribution in [0.2, 0.25) is 10.0 Å². The van der Waals surface area contributed by atoms with E-state index in [2.05, 4.69) is 5.32 Å². The van der Waals surface area contributed by atoms with Crippen molar-refractivity contribution in [2.75, 3.05) is 11.1 Å². The molecule has 4 N–H and O–H groups in total. The second-order valence-electron chi connectivity index (χ2n) is 3.83. The van der Waals surface area contributed by atoms with Crippen LogP contribution in [0.1, 0.15) is 10.4 Å². The number of rotatable bonds is 3. The minimum Gasteiger partial charge on any atom is -0.478 e. The Kier molecular flexibility index (Phi) is 3.83. The zero-order valence-electron chi connectivity index (χ0n) is 9.65. The van der Waals surface area contributed by atoms with E-state index in [9.17, 15) is 4.79 Å². The van der Waals surface area contributed by atoms with E-state index >= 15 is 0 Å². The highest BCUT2D eigenvalue weighted by molar-refractivity contribution is 6.39. The molecule has 0 bridgehead atoms. The molecule has 0 aliphatic rings. The summed E-state index contributed by atoms with van der Waals surface area (Å²) in [6, 6.07) is 9.69. The zero-order valence-corrected chi connectivity index (χ0v) is 11.2. The quantitative estimate of drug-likeness (QED) is 0.748. The van der Waals surface area contributed by atoms with Gasteiger partial charge in [-0.2, -0.15) is 0 Å². The summed E-state index contributed by atoms with van der Waals surface area (Å²) >= 11 is 12.1. The molecule has 98 valence electrons. The van der Waals surface area contributed by atoms with Crippen molar-refractivity contribution in [3.8, 4) is 0 Å². The first-order valence-electron chi connectivity index (χ1n) is 5.33. The van der Waals surface area contributed by atoms with Crippen LogP contribution in [0.3, 0.4) is 0 Å². The van der Waals surface area contributed by atoms with E-state index in [-0.39, 0.29) is 11.3 Å². The molecule has 6 heteroatoms. The lowest BCUT2D eigenvalue weighted by molar-refractivity contribution is 0.0698. The van der Waals surface area contributed by atoms with Gasteiger partial charge in [-0.05, 0) is 30.3 Å². The third-order valence-electron chi connectivity index (χ3n) is 2.52. The molecule has 4 nitrogen and oxygen atoms in total. The molecule has 0 radical (unpaired) electrons. The normalized spacial score (nSPS) is 10.2. The Hall–Kier alpha value is -1.91. The summed E-state index contributed by atoms with van der Waals surface area (Å²) in [6.45, 7) is 0. The Bertz CT molecular complexity index is 624. The minimum absolute atomic E-state index is 0.0215. The number of benzene rings is 2. The number of halogens is 2. The summed E-state index contributed by atoms with van der Waals surface area (Å²) in [4.78, 5) is 11.0. The lowest BCUT2D eigenvalue weighted by atomic mass is 10.1. The van der Waals surface area contributed by atoms with E-state index in [0.717, 1.165) is 0 Å². The molecular weight excluding hydrogens is 287 g/mol. The fourth-order valence-electron chi connectivity index (χ4n) is 1.58. The number of carbonyl (C=O) groups is 1. The first-order chi connectivity index (χ1) is 8.99. The van der Waals surface area contributed by atoms with Crippen LogP contribution in [0.25, 0.3) is 0 Å². The van der Waals surface area contributed by atoms with Crippen molar-refractivity contribution < 1.29 is 9.90 Å². The highest BCUT2D eigenvalue weighted by Gasteiger charge is 2.10. The minimum atomic E-state index is -1.09. The number of hydrogen-bond donors (Lipinski definition) is 3. The van der Waals surface area contributed by atoms with Gasteiger partial charge in [0.25, 0.3) is 0 Å². The monoisotopic (exact) mass is 296 g/mol. The Labute approximate surface area is 119 Å². The van der Waals surface area contributed by atoms with Crippen molar-refractivity contribution >= 4 is 46.2 Å². The van der Waals surface area contributed by atoms with E-state index < -0.39 is 5.97 Å². The highest BCUT2D eigenvalue weighted by atomic mass is 35.5. The summed E-state index contributed by atoms with van der Waals surface area (Å²) in [5.41, 5.74) is 6.87. The Morgan fingerprint density at radius 1 is 1.16 bits per heavy atom. The molecule has 0 aliphatic carbocycles. The number of carboxylic acid groups (broad SMARTS) is 1. The van der Waals surface area contributed by atoms with Gasteiger partial charge in [-0.3, -0.25) is 0 Å². The molecule has 0 unspecified atom stereocenters. The molecule has 0 heterocycles. The molecule has 0 aliphatic heterocycles. The summed E-state index contributed by atoms with van der Waals surface area (Å²) in [5, 5.41) is 12.9. The van der Waals surface area contributed by atoms with Crippen LogP contribution in [-0.2, 0) is 0 Å².